The fourth-order valence-electron chi connectivity index (χ4n) is 2.64. The van der Waals surface area contributed by atoms with E-state index in [4.69, 9.17) is 0 Å². The summed E-state index contributed by atoms with van der Waals surface area (Å²) in [6.07, 6.45) is 5.77. The molecule has 1 aromatic carbocycles. The fraction of sp³-hybridized carbons (Fsp3) is 0.333. The van der Waals surface area contributed by atoms with Crippen LogP contribution in [0.1, 0.15) is 29.7 Å². The molecule has 19 heavy (non-hydrogen) atoms. The molecule has 100 valence electrons. The van der Waals surface area contributed by atoms with E-state index in [1.54, 1.807) is 18.3 Å². The summed E-state index contributed by atoms with van der Waals surface area (Å²) >= 11 is 0. The minimum atomic E-state index is -3.44. The topological polar surface area (TPSA) is 39.1 Å². The van der Waals surface area contributed by atoms with Crippen LogP contribution >= 0.6 is 0 Å². The quantitative estimate of drug-likeness (QED) is 0.845. The second-order valence-electron chi connectivity index (χ2n) is 5.11. The fourth-order valence-corrected chi connectivity index (χ4v) is 4.07. The summed E-state index contributed by atoms with van der Waals surface area (Å²) in [7, 11) is -3.44. The van der Waals surface area contributed by atoms with E-state index < -0.39 is 10.0 Å². The monoisotopic (exact) mass is 275 g/mol. The highest BCUT2D eigenvalue weighted by Crippen LogP contribution is 2.26. The summed E-state index contributed by atoms with van der Waals surface area (Å²) in [5.74, 6) is 0. The first kappa shape index (κ1) is 12.5. The van der Waals surface area contributed by atoms with Crippen molar-refractivity contribution in [3.8, 4) is 0 Å². The number of fused-ring (bicyclic) bond motifs is 1. The summed E-state index contributed by atoms with van der Waals surface area (Å²) in [4.78, 5) is 0.363. The van der Waals surface area contributed by atoms with Gasteiger partial charge in [-0.2, -0.15) is 0 Å². The second kappa shape index (κ2) is 4.53. The minimum Gasteiger partial charge on any atom is -0.246 e. The zero-order valence-corrected chi connectivity index (χ0v) is 11.8. The van der Waals surface area contributed by atoms with E-state index in [1.165, 1.54) is 9.54 Å². The second-order valence-corrected chi connectivity index (χ2v) is 6.92. The van der Waals surface area contributed by atoms with Gasteiger partial charge in [0.2, 0.25) is 0 Å². The Labute approximate surface area is 113 Å². The first-order valence-electron chi connectivity index (χ1n) is 6.60. The first-order chi connectivity index (χ1) is 9.09. The third-order valence-corrected chi connectivity index (χ3v) is 5.46. The zero-order valence-electron chi connectivity index (χ0n) is 11.0. The van der Waals surface area contributed by atoms with Crippen molar-refractivity contribution in [3.05, 3.63) is 53.3 Å². The Morgan fingerprint density at radius 2 is 1.68 bits per heavy atom. The van der Waals surface area contributed by atoms with Crippen molar-refractivity contribution in [1.82, 2.24) is 3.97 Å². The third-order valence-electron chi connectivity index (χ3n) is 3.74. The van der Waals surface area contributed by atoms with Crippen LogP contribution in [-0.2, 0) is 22.9 Å². The maximum absolute atomic E-state index is 12.6. The Morgan fingerprint density at radius 3 is 2.42 bits per heavy atom. The molecule has 0 amide bonds. The van der Waals surface area contributed by atoms with Gasteiger partial charge in [0, 0.05) is 11.9 Å². The SMILES string of the molecule is Cc1ccc(S(=O)(=O)n2ccc3c2CCCC3)cc1. The number of nitrogens with zero attached hydrogens (tertiary/aromatic N) is 1. The van der Waals surface area contributed by atoms with Crippen LogP contribution in [0.3, 0.4) is 0 Å². The van der Waals surface area contributed by atoms with E-state index >= 15 is 0 Å². The summed E-state index contributed by atoms with van der Waals surface area (Å²) in [6, 6.07) is 8.98. The zero-order chi connectivity index (χ0) is 13.5. The molecule has 1 aromatic heterocycles. The number of rotatable bonds is 2. The van der Waals surface area contributed by atoms with Gasteiger partial charge in [-0.15, -0.1) is 0 Å². The molecule has 0 radical (unpaired) electrons. The molecular weight excluding hydrogens is 258 g/mol. The van der Waals surface area contributed by atoms with Crippen LogP contribution < -0.4 is 0 Å². The van der Waals surface area contributed by atoms with Crippen molar-refractivity contribution >= 4 is 10.0 Å². The van der Waals surface area contributed by atoms with Gasteiger partial charge in [-0.05, 0) is 56.4 Å². The number of aromatic nitrogens is 1. The lowest BCUT2D eigenvalue weighted by Gasteiger charge is -2.15. The molecule has 0 aliphatic heterocycles. The molecule has 1 aliphatic rings. The highest BCUT2D eigenvalue weighted by molar-refractivity contribution is 7.90. The standard InChI is InChI=1S/C15H17NO2S/c1-12-6-8-14(9-7-12)19(17,18)16-11-10-13-4-2-3-5-15(13)16/h6-11H,2-5H2,1H3. The molecule has 1 aliphatic carbocycles. The lowest BCUT2D eigenvalue weighted by Crippen LogP contribution is -2.17. The molecule has 3 nitrogen and oxygen atoms in total. The molecule has 0 N–H and O–H groups in total. The predicted molar refractivity (Wildman–Crippen MR) is 74.8 cm³/mol. The summed E-state index contributed by atoms with van der Waals surface area (Å²) in [5.41, 5.74) is 3.21. The van der Waals surface area contributed by atoms with Crippen molar-refractivity contribution in [3.63, 3.8) is 0 Å². The van der Waals surface area contributed by atoms with Crippen molar-refractivity contribution in [2.24, 2.45) is 0 Å². The van der Waals surface area contributed by atoms with E-state index in [9.17, 15) is 8.42 Å². The van der Waals surface area contributed by atoms with E-state index in [0.29, 0.717) is 4.90 Å². The van der Waals surface area contributed by atoms with Crippen molar-refractivity contribution in [2.75, 3.05) is 0 Å². The van der Waals surface area contributed by atoms with Crippen molar-refractivity contribution < 1.29 is 8.42 Å². The van der Waals surface area contributed by atoms with Crippen LogP contribution in [0.4, 0.5) is 0 Å². The molecule has 0 saturated carbocycles. The molecule has 3 rings (SSSR count). The summed E-state index contributed by atoms with van der Waals surface area (Å²) < 4.78 is 26.7. The van der Waals surface area contributed by atoms with Gasteiger partial charge in [-0.3, -0.25) is 0 Å². The van der Waals surface area contributed by atoms with Gasteiger partial charge in [0.05, 0.1) is 4.90 Å². The van der Waals surface area contributed by atoms with E-state index in [0.717, 1.165) is 36.9 Å². The maximum atomic E-state index is 12.6. The van der Waals surface area contributed by atoms with E-state index in [1.807, 2.05) is 25.1 Å². The minimum absolute atomic E-state index is 0.363. The van der Waals surface area contributed by atoms with Crippen LogP contribution in [0.5, 0.6) is 0 Å². The van der Waals surface area contributed by atoms with Gasteiger partial charge in [-0.1, -0.05) is 17.7 Å². The molecule has 0 bridgehead atoms. The summed E-state index contributed by atoms with van der Waals surface area (Å²) in [5, 5.41) is 0. The smallest absolute Gasteiger partial charge is 0.246 e. The molecule has 0 fully saturated rings. The van der Waals surface area contributed by atoms with Crippen LogP contribution in [-0.4, -0.2) is 12.4 Å². The van der Waals surface area contributed by atoms with Gasteiger partial charge >= 0.3 is 0 Å². The molecule has 1 heterocycles. The predicted octanol–water partition coefficient (Wildman–Crippen LogP) is 2.91. The van der Waals surface area contributed by atoms with Crippen LogP contribution in [0, 0.1) is 6.92 Å². The Morgan fingerprint density at radius 1 is 1.00 bits per heavy atom. The highest BCUT2D eigenvalue weighted by atomic mass is 32.2. The lowest BCUT2D eigenvalue weighted by molar-refractivity contribution is 0.580. The molecule has 0 saturated heterocycles. The lowest BCUT2D eigenvalue weighted by atomic mass is 9.98. The molecule has 0 unspecified atom stereocenters. The Hall–Kier alpha value is -1.55. The number of aryl methyl sites for hydroxylation is 2. The van der Waals surface area contributed by atoms with Crippen LogP contribution in [0.25, 0.3) is 0 Å². The van der Waals surface area contributed by atoms with Gasteiger partial charge < -0.3 is 0 Å². The average Bonchev–Trinajstić information content (AvgIpc) is 2.83. The Bertz CT molecular complexity index is 696. The van der Waals surface area contributed by atoms with Crippen LogP contribution in [0.15, 0.2) is 41.4 Å². The maximum Gasteiger partial charge on any atom is 0.267 e. The van der Waals surface area contributed by atoms with Crippen molar-refractivity contribution in [1.29, 1.82) is 0 Å². The number of benzene rings is 1. The molecule has 4 heteroatoms. The van der Waals surface area contributed by atoms with Gasteiger partial charge in [0.15, 0.2) is 0 Å². The van der Waals surface area contributed by atoms with E-state index in [-0.39, 0.29) is 0 Å². The van der Waals surface area contributed by atoms with Crippen LogP contribution in [0.2, 0.25) is 0 Å². The normalized spacial score (nSPS) is 15.2. The first-order valence-corrected chi connectivity index (χ1v) is 8.04. The van der Waals surface area contributed by atoms with Crippen molar-refractivity contribution in [2.45, 2.75) is 37.5 Å². The molecule has 0 spiro atoms. The van der Waals surface area contributed by atoms with Gasteiger partial charge in [0.1, 0.15) is 0 Å². The average molecular weight is 275 g/mol. The van der Waals surface area contributed by atoms with E-state index in [2.05, 4.69) is 0 Å². The summed E-state index contributed by atoms with van der Waals surface area (Å²) in [6.45, 7) is 1.95. The Balaban J connectivity index is 2.10. The Kier molecular flexibility index (Phi) is 2.97. The third kappa shape index (κ3) is 2.10. The molecule has 0 atom stereocenters. The van der Waals surface area contributed by atoms with Gasteiger partial charge in [0.25, 0.3) is 10.0 Å². The van der Waals surface area contributed by atoms with Gasteiger partial charge in [-0.25, -0.2) is 12.4 Å². The largest absolute Gasteiger partial charge is 0.267 e. The molecule has 2 aromatic rings. The highest BCUT2D eigenvalue weighted by Gasteiger charge is 2.23. The number of hydrogen-bond donors (Lipinski definition) is 0. The number of hydrogen-bond acceptors (Lipinski definition) is 2. The molecular formula is C15H17NO2S.